The first kappa shape index (κ1) is 12.6. The van der Waals surface area contributed by atoms with E-state index in [2.05, 4.69) is 10.5 Å². The number of rotatable bonds is 3. The van der Waals surface area contributed by atoms with E-state index in [9.17, 15) is 8.42 Å². The van der Waals surface area contributed by atoms with Crippen LogP contribution in [0.3, 0.4) is 0 Å². The minimum Gasteiger partial charge on any atom is -0.282 e. The molecule has 0 bridgehead atoms. The third kappa shape index (κ3) is 3.57. The van der Waals surface area contributed by atoms with Crippen LogP contribution in [0.4, 0.5) is 5.69 Å². The van der Waals surface area contributed by atoms with Crippen LogP contribution in [0.1, 0.15) is 0 Å². The highest BCUT2D eigenvalue weighted by atomic mass is 32.2. The van der Waals surface area contributed by atoms with Crippen LogP contribution in [0, 0.1) is 22.7 Å². The molecule has 7 nitrogen and oxygen atoms in total. The van der Waals surface area contributed by atoms with Gasteiger partial charge in [-0.25, -0.2) is 0 Å². The summed E-state index contributed by atoms with van der Waals surface area (Å²) in [4.78, 5) is -0.257. The minimum atomic E-state index is -4.23. The van der Waals surface area contributed by atoms with E-state index in [4.69, 9.17) is 15.1 Å². The summed E-state index contributed by atoms with van der Waals surface area (Å²) >= 11 is 0. The van der Waals surface area contributed by atoms with Gasteiger partial charge in [-0.2, -0.15) is 24.0 Å². The Morgan fingerprint density at radius 1 is 1.24 bits per heavy atom. The fourth-order valence-corrected chi connectivity index (χ4v) is 1.38. The van der Waals surface area contributed by atoms with Gasteiger partial charge < -0.3 is 0 Å². The van der Waals surface area contributed by atoms with Crippen molar-refractivity contribution in [2.75, 3.05) is 5.43 Å². The smallest absolute Gasteiger partial charge is 0.282 e. The van der Waals surface area contributed by atoms with Crippen molar-refractivity contribution in [3.63, 3.8) is 0 Å². The molecule has 0 atom stereocenters. The lowest BCUT2D eigenvalue weighted by Crippen LogP contribution is -1.99. The second-order valence-electron chi connectivity index (χ2n) is 2.80. The SMILES string of the molecule is N#CC(C#N)=NNc1ccc(S(=O)(=O)O)cc1. The highest BCUT2D eigenvalue weighted by Crippen LogP contribution is 2.13. The fourth-order valence-electron chi connectivity index (χ4n) is 0.897. The first-order valence-corrected chi connectivity index (χ1v) is 5.63. The predicted molar refractivity (Wildman–Crippen MR) is 58.5 cm³/mol. The van der Waals surface area contributed by atoms with E-state index in [1.807, 2.05) is 0 Å². The molecule has 0 aliphatic carbocycles. The molecule has 0 aromatic heterocycles. The van der Waals surface area contributed by atoms with Crippen LogP contribution >= 0.6 is 0 Å². The third-order valence-electron chi connectivity index (χ3n) is 1.66. The molecule has 1 aromatic rings. The summed E-state index contributed by atoms with van der Waals surface area (Å²) in [5, 5.41) is 20.3. The summed E-state index contributed by atoms with van der Waals surface area (Å²) in [6.07, 6.45) is 0. The second-order valence-corrected chi connectivity index (χ2v) is 4.22. The van der Waals surface area contributed by atoms with Crippen LogP contribution in [-0.4, -0.2) is 18.7 Å². The van der Waals surface area contributed by atoms with Crippen molar-refractivity contribution in [2.45, 2.75) is 4.90 Å². The normalized spacial score (nSPS) is 9.82. The summed E-state index contributed by atoms with van der Waals surface area (Å²) in [6, 6.07) is 8.08. The van der Waals surface area contributed by atoms with Gasteiger partial charge in [0, 0.05) is 0 Å². The molecule has 0 radical (unpaired) electrons. The summed E-state index contributed by atoms with van der Waals surface area (Å²) in [5.41, 5.74) is 2.41. The first-order valence-electron chi connectivity index (χ1n) is 4.19. The van der Waals surface area contributed by atoms with Gasteiger partial charge in [0.25, 0.3) is 10.1 Å². The van der Waals surface area contributed by atoms with E-state index < -0.39 is 10.1 Å². The Bertz CT molecular complexity index is 604. The lowest BCUT2D eigenvalue weighted by molar-refractivity contribution is 0.483. The van der Waals surface area contributed by atoms with Crippen molar-refractivity contribution in [3.8, 4) is 12.1 Å². The lowest BCUT2D eigenvalue weighted by Gasteiger charge is -2.00. The van der Waals surface area contributed by atoms with Crippen LogP contribution in [-0.2, 0) is 10.1 Å². The van der Waals surface area contributed by atoms with Crippen LogP contribution in [0.5, 0.6) is 0 Å². The van der Waals surface area contributed by atoms with Gasteiger partial charge in [-0.15, -0.1) is 0 Å². The van der Waals surface area contributed by atoms with Crippen molar-refractivity contribution in [1.29, 1.82) is 10.5 Å². The summed E-state index contributed by atoms with van der Waals surface area (Å²) < 4.78 is 30.2. The number of hydrogen-bond donors (Lipinski definition) is 2. The maximum absolute atomic E-state index is 10.7. The third-order valence-corrected chi connectivity index (χ3v) is 2.53. The van der Waals surface area contributed by atoms with Crippen molar-refractivity contribution < 1.29 is 13.0 Å². The van der Waals surface area contributed by atoms with Crippen LogP contribution in [0.15, 0.2) is 34.3 Å². The van der Waals surface area contributed by atoms with Crippen molar-refractivity contribution >= 4 is 21.5 Å². The average Bonchev–Trinajstić information content (AvgIpc) is 2.30. The maximum Gasteiger partial charge on any atom is 0.294 e. The number of nitrogens with one attached hydrogen (secondary N) is 1. The highest BCUT2D eigenvalue weighted by Gasteiger charge is 2.07. The molecule has 2 N–H and O–H groups in total. The van der Waals surface area contributed by atoms with E-state index in [0.29, 0.717) is 5.69 Å². The van der Waals surface area contributed by atoms with Crippen LogP contribution in [0.2, 0.25) is 0 Å². The molecule has 17 heavy (non-hydrogen) atoms. The van der Waals surface area contributed by atoms with E-state index in [-0.39, 0.29) is 10.6 Å². The average molecular weight is 250 g/mol. The Hall–Kier alpha value is -2.42. The van der Waals surface area contributed by atoms with Gasteiger partial charge in [0.2, 0.25) is 5.71 Å². The lowest BCUT2D eigenvalue weighted by atomic mass is 10.3. The molecule has 1 aromatic carbocycles. The number of nitrogens with zero attached hydrogens (tertiary/aromatic N) is 3. The molecule has 0 heterocycles. The second kappa shape index (κ2) is 5.07. The van der Waals surface area contributed by atoms with Gasteiger partial charge in [-0.05, 0) is 24.3 Å². The Labute approximate surface area is 97.4 Å². The number of nitriles is 2. The first-order chi connectivity index (χ1) is 7.97. The van der Waals surface area contributed by atoms with Crippen LogP contribution < -0.4 is 5.43 Å². The van der Waals surface area contributed by atoms with Gasteiger partial charge in [0.05, 0.1) is 10.6 Å². The molecule has 0 aliphatic rings. The van der Waals surface area contributed by atoms with Gasteiger partial charge in [-0.1, -0.05) is 0 Å². The molecule has 0 fully saturated rings. The topological polar surface area (TPSA) is 126 Å². The molecule has 1 rings (SSSR count). The number of hydrazone groups is 1. The van der Waals surface area contributed by atoms with E-state index in [0.717, 1.165) is 12.1 Å². The Morgan fingerprint density at radius 2 is 1.76 bits per heavy atom. The highest BCUT2D eigenvalue weighted by molar-refractivity contribution is 7.85. The van der Waals surface area contributed by atoms with Crippen LogP contribution in [0.25, 0.3) is 0 Å². The van der Waals surface area contributed by atoms with Crippen molar-refractivity contribution in [2.24, 2.45) is 5.10 Å². The van der Waals surface area contributed by atoms with Gasteiger partial charge >= 0.3 is 0 Å². The van der Waals surface area contributed by atoms with Gasteiger partial charge in [-0.3, -0.25) is 9.98 Å². The Morgan fingerprint density at radius 3 is 2.18 bits per heavy atom. The summed E-state index contributed by atoms with van der Waals surface area (Å²) in [6.45, 7) is 0. The van der Waals surface area contributed by atoms with Gasteiger partial charge in [0.15, 0.2) is 0 Å². The fraction of sp³-hybridized carbons (Fsp3) is 0. The standard InChI is InChI=1S/C9H6N4O3S/c10-5-8(6-11)13-12-7-1-3-9(4-2-7)17(14,15)16/h1-4,12H,(H,14,15,16). The number of hydrogen-bond acceptors (Lipinski definition) is 6. The molecule has 0 amide bonds. The van der Waals surface area contributed by atoms with Crippen molar-refractivity contribution in [3.05, 3.63) is 24.3 Å². The summed E-state index contributed by atoms with van der Waals surface area (Å²) in [7, 11) is -4.23. The molecular formula is C9H6N4O3S. The zero-order valence-corrected chi connectivity index (χ0v) is 9.14. The van der Waals surface area contributed by atoms with E-state index in [1.54, 1.807) is 12.1 Å². The zero-order chi connectivity index (χ0) is 12.9. The molecule has 0 saturated carbocycles. The molecule has 8 heteroatoms. The molecule has 0 aliphatic heterocycles. The largest absolute Gasteiger partial charge is 0.294 e. The maximum atomic E-state index is 10.7. The van der Waals surface area contributed by atoms with E-state index >= 15 is 0 Å². The number of anilines is 1. The zero-order valence-electron chi connectivity index (χ0n) is 8.32. The van der Waals surface area contributed by atoms with Crippen molar-refractivity contribution in [1.82, 2.24) is 0 Å². The van der Waals surface area contributed by atoms with Gasteiger partial charge in [0.1, 0.15) is 12.1 Å². The summed E-state index contributed by atoms with van der Waals surface area (Å²) in [5.74, 6) is 0. The number of benzene rings is 1. The molecule has 0 spiro atoms. The molecule has 0 unspecified atom stereocenters. The molecule has 0 saturated heterocycles. The minimum absolute atomic E-state index is 0.257. The quantitative estimate of drug-likeness (QED) is 0.463. The molecular weight excluding hydrogens is 244 g/mol. The Balaban J connectivity index is 2.89. The molecule has 86 valence electrons. The monoisotopic (exact) mass is 250 g/mol. The predicted octanol–water partition coefficient (Wildman–Crippen LogP) is 0.748. The van der Waals surface area contributed by atoms with E-state index in [1.165, 1.54) is 12.1 Å². The Kier molecular flexibility index (Phi) is 3.78.